The van der Waals surface area contributed by atoms with Crippen molar-refractivity contribution in [2.24, 2.45) is 0 Å². The first-order valence-corrected chi connectivity index (χ1v) is 8.94. The highest BCUT2D eigenvalue weighted by Crippen LogP contribution is 2.15. The molecule has 28 heavy (non-hydrogen) atoms. The summed E-state index contributed by atoms with van der Waals surface area (Å²) in [4.78, 5) is 37.6. The number of hydrazine groups is 1. The van der Waals surface area contributed by atoms with Crippen LogP contribution in [0.15, 0.2) is 59.4 Å². The lowest BCUT2D eigenvalue weighted by Gasteiger charge is -2.13. The lowest BCUT2D eigenvalue weighted by Crippen LogP contribution is -2.46. The van der Waals surface area contributed by atoms with Crippen LogP contribution in [-0.2, 0) is 9.53 Å². The average molecular weight is 378 g/mol. The molecule has 8 heteroatoms. The molecule has 3 aromatic rings. The molecule has 4 rings (SSSR count). The van der Waals surface area contributed by atoms with E-state index < -0.39 is 17.9 Å². The second kappa shape index (κ2) is 7.61. The summed E-state index contributed by atoms with van der Waals surface area (Å²) < 4.78 is 6.47. The predicted octanol–water partition coefficient (Wildman–Crippen LogP) is 1.33. The molecule has 0 spiro atoms. The lowest BCUT2D eigenvalue weighted by molar-refractivity contribution is -0.130. The molecule has 2 heterocycles. The molecule has 2 amide bonds. The number of amides is 2. The number of nitrogens with one attached hydrogen (secondary N) is 2. The van der Waals surface area contributed by atoms with Crippen molar-refractivity contribution in [3.05, 3.63) is 70.6 Å². The zero-order chi connectivity index (χ0) is 19.5. The van der Waals surface area contributed by atoms with Gasteiger partial charge in [-0.15, -0.1) is 0 Å². The van der Waals surface area contributed by atoms with Gasteiger partial charge in [-0.1, -0.05) is 36.4 Å². The van der Waals surface area contributed by atoms with Gasteiger partial charge in [0.15, 0.2) is 5.69 Å². The molecule has 2 aromatic carbocycles. The standard InChI is InChI=1S/C20H18N4O4/c25-18(16-11-6-12-28-16)21-22-19(26)17-14-9-4-5-10-15(14)20(27)24(23-17)13-7-2-1-3-8-13/h1-5,7-10,16H,6,11-12H2,(H,21,25)(H,22,26). The van der Waals surface area contributed by atoms with E-state index in [4.69, 9.17) is 4.74 Å². The van der Waals surface area contributed by atoms with Crippen LogP contribution in [0.4, 0.5) is 0 Å². The highest BCUT2D eigenvalue weighted by Gasteiger charge is 2.24. The smallest absolute Gasteiger partial charge is 0.290 e. The molecule has 1 fully saturated rings. The zero-order valence-corrected chi connectivity index (χ0v) is 14.9. The molecule has 1 aliphatic rings. The topological polar surface area (TPSA) is 102 Å². The number of fused-ring (bicyclic) bond motifs is 1. The van der Waals surface area contributed by atoms with E-state index in [1.165, 1.54) is 4.68 Å². The van der Waals surface area contributed by atoms with Crippen molar-refractivity contribution >= 4 is 22.6 Å². The van der Waals surface area contributed by atoms with E-state index in [1.807, 2.05) is 6.07 Å². The van der Waals surface area contributed by atoms with Crippen LogP contribution < -0.4 is 16.4 Å². The Labute approximate surface area is 160 Å². The minimum absolute atomic E-state index is 0.0340. The van der Waals surface area contributed by atoms with Crippen molar-refractivity contribution in [3.8, 4) is 5.69 Å². The number of carbonyl (C=O) groups excluding carboxylic acids is 2. The normalized spacial score (nSPS) is 16.1. The van der Waals surface area contributed by atoms with Gasteiger partial charge in [0.05, 0.1) is 11.1 Å². The molecule has 0 bridgehead atoms. The van der Waals surface area contributed by atoms with Crippen molar-refractivity contribution in [1.82, 2.24) is 20.6 Å². The Balaban J connectivity index is 1.69. The minimum Gasteiger partial charge on any atom is -0.368 e. The molecule has 0 saturated carbocycles. The predicted molar refractivity (Wildman–Crippen MR) is 102 cm³/mol. The maximum atomic E-state index is 12.8. The summed E-state index contributed by atoms with van der Waals surface area (Å²) in [6, 6.07) is 15.6. The first-order valence-electron chi connectivity index (χ1n) is 8.94. The first-order chi connectivity index (χ1) is 13.6. The SMILES string of the molecule is O=C(NNC(=O)C1CCCO1)c1nn(-c2ccccc2)c(=O)c2ccccc12. The molecule has 1 atom stereocenters. The van der Waals surface area contributed by atoms with E-state index in [-0.39, 0.29) is 11.3 Å². The van der Waals surface area contributed by atoms with E-state index in [0.717, 1.165) is 6.42 Å². The van der Waals surface area contributed by atoms with Crippen molar-refractivity contribution in [2.75, 3.05) is 6.61 Å². The van der Waals surface area contributed by atoms with Crippen molar-refractivity contribution in [1.29, 1.82) is 0 Å². The van der Waals surface area contributed by atoms with Crippen LogP contribution in [0, 0.1) is 0 Å². The summed E-state index contributed by atoms with van der Waals surface area (Å²) >= 11 is 0. The molecular weight excluding hydrogens is 360 g/mol. The van der Waals surface area contributed by atoms with Crippen LogP contribution in [0.25, 0.3) is 16.5 Å². The minimum atomic E-state index is -0.618. The second-order valence-corrected chi connectivity index (χ2v) is 6.39. The van der Waals surface area contributed by atoms with Gasteiger partial charge < -0.3 is 4.74 Å². The molecule has 1 unspecified atom stereocenters. The van der Waals surface area contributed by atoms with Gasteiger partial charge in [-0.25, -0.2) is 0 Å². The quantitative estimate of drug-likeness (QED) is 0.670. The van der Waals surface area contributed by atoms with Crippen LogP contribution in [-0.4, -0.2) is 34.3 Å². The molecule has 0 aliphatic carbocycles. The van der Waals surface area contributed by atoms with Crippen LogP contribution >= 0.6 is 0 Å². The summed E-state index contributed by atoms with van der Waals surface area (Å²) in [6.07, 6.45) is 0.852. The molecule has 0 radical (unpaired) electrons. The Bertz CT molecular complexity index is 1090. The summed E-state index contributed by atoms with van der Waals surface area (Å²) in [7, 11) is 0. The maximum absolute atomic E-state index is 12.8. The molecule has 1 aromatic heterocycles. The highest BCUT2D eigenvalue weighted by atomic mass is 16.5. The molecule has 8 nitrogen and oxygen atoms in total. The van der Waals surface area contributed by atoms with Gasteiger partial charge in [0, 0.05) is 12.0 Å². The van der Waals surface area contributed by atoms with Crippen LogP contribution in [0.3, 0.4) is 0 Å². The van der Waals surface area contributed by atoms with Crippen LogP contribution in [0.5, 0.6) is 0 Å². The molecule has 2 N–H and O–H groups in total. The van der Waals surface area contributed by atoms with Gasteiger partial charge in [0.2, 0.25) is 0 Å². The Morgan fingerprint density at radius 1 is 1.00 bits per heavy atom. The maximum Gasteiger partial charge on any atom is 0.290 e. The van der Waals surface area contributed by atoms with Gasteiger partial charge in [0.1, 0.15) is 6.10 Å². The Morgan fingerprint density at radius 3 is 2.43 bits per heavy atom. The van der Waals surface area contributed by atoms with Crippen LogP contribution in [0.1, 0.15) is 23.3 Å². The number of carbonyl (C=O) groups is 2. The first kappa shape index (κ1) is 17.9. The highest BCUT2D eigenvalue weighted by molar-refractivity contribution is 6.05. The van der Waals surface area contributed by atoms with E-state index in [9.17, 15) is 14.4 Å². The average Bonchev–Trinajstić information content (AvgIpc) is 3.28. The largest absolute Gasteiger partial charge is 0.368 e. The summed E-state index contributed by atoms with van der Waals surface area (Å²) in [5.74, 6) is -1.03. The van der Waals surface area contributed by atoms with E-state index in [2.05, 4.69) is 16.0 Å². The fourth-order valence-electron chi connectivity index (χ4n) is 3.14. The second-order valence-electron chi connectivity index (χ2n) is 6.39. The lowest BCUT2D eigenvalue weighted by atomic mass is 10.1. The summed E-state index contributed by atoms with van der Waals surface area (Å²) in [5.41, 5.74) is 4.98. The fraction of sp³-hybridized carbons (Fsp3) is 0.200. The third kappa shape index (κ3) is 3.37. The summed E-state index contributed by atoms with van der Waals surface area (Å²) in [5, 5.41) is 5.02. The molecule has 142 valence electrons. The van der Waals surface area contributed by atoms with Crippen molar-refractivity contribution in [3.63, 3.8) is 0 Å². The molecule has 1 aliphatic heterocycles. The summed E-state index contributed by atoms with van der Waals surface area (Å²) in [6.45, 7) is 0.528. The number of para-hydroxylation sites is 1. The zero-order valence-electron chi connectivity index (χ0n) is 14.9. The molecular formula is C20H18N4O4. The Kier molecular flexibility index (Phi) is 4.86. The monoisotopic (exact) mass is 378 g/mol. The van der Waals surface area contributed by atoms with Gasteiger partial charge in [-0.05, 0) is 31.0 Å². The van der Waals surface area contributed by atoms with Gasteiger partial charge in [-0.2, -0.15) is 9.78 Å². The third-order valence-corrected chi connectivity index (χ3v) is 4.54. The van der Waals surface area contributed by atoms with E-state index in [0.29, 0.717) is 29.5 Å². The number of hydrogen-bond donors (Lipinski definition) is 2. The van der Waals surface area contributed by atoms with E-state index >= 15 is 0 Å². The van der Waals surface area contributed by atoms with Crippen molar-refractivity contribution < 1.29 is 14.3 Å². The van der Waals surface area contributed by atoms with Crippen LogP contribution in [0.2, 0.25) is 0 Å². The Hall–Kier alpha value is -3.52. The van der Waals surface area contributed by atoms with Gasteiger partial charge in [-0.3, -0.25) is 25.2 Å². The molecule has 1 saturated heterocycles. The number of nitrogens with zero attached hydrogens (tertiary/aromatic N) is 2. The van der Waals surface area contributed by atoms with Crippen molar-refractivity contribution in [2.45, 2.75) is 18.9 Å². The van der Waals surface area contributed by atoms with E-state index in [1.54, 1.807) is 48.5 Å². The number of benzene rings is 2. The van der Waals surface area contributed by atoms with Gasteiger partial charge in [0.25, 0.3) is 17.4 Å². The number of rotatable bonds is 3. The van der Waals surface area contributed by atoms with Gasteiger partial charge >= 0.3 is 0 Å². The number of aromatic nitrogens is 2. The Morgan fingerprint density at radius 2 is 1.71 bits per heavy atom. The fourth-order valence-corrected chi connectivity index (χ4v) is 3.14. The third-order valence-electron chi connectivity index (χ3n) is 4.54. The number of ether oxygens (including phenoxy) is 1. The number of hydrogen-bond acceptors (Lipinski definition) is 5.